The van der Waals surface area contributed by atoms with Crippen LogP contribution in [-0.2, 0) is 0 Å². The Labute approximate surface area is 84.7 Å². The molecule has 0 aromatic carbocycles. The van der Waals surface area contributed by atoms with Crippen LogP contribution in [0.15, 0.2) is 14.1 Å². The van der Waals surface area contributed by atoms with Crippen LogP contribution in [0.25, 0.3) is 10.2 Å². The molecule has 2 heterocycles. The van der Waals surface area contributed by atoms with Crippen LogP contribution >= 0.6 is 27.3 Å². The number of aryl methyl sites for hydroxylation is 1. The van der Waals surface area contributed by atoms with Gasteiger partial charge in [0.05, 0.1) is 5.39 Å². The van der Waals surface area contributed by atoms with Crippen molar-refractivity contribution in [3.8, 4) is 0 Å². The molecular weight excluding hydrogens is 256 g/mol. The van der Waals surface area contributed by atoms with Crippen LogP contribution in [0.1, 0.15) is 4.88 Å². The molecule has 2 aromatic heterocycles. The highest BCUT2D eigenvalue weighted by Crippen LogP contribution is 2.30. The Hall–Kier alpha value is -0.880. The smallest absolute Gasteiger partial charge is 0.298 e. The van der Waals surface area contributed by atoms with E-state index in [0.717, 1.165) is 9.35 Å². The number of hydrogen-bond donors (Lipinski definition) is 2. The van der Waals surface area contributed by atoms with Gasteiger partial charge in [0.2, 0.25) is 0 Å². The first-order valence-corrected chi connectivity index (χ1v) is 5.11. The van der Waals surface area contributed by atoms with Gasteiger partial charge >= 0.3 is 5.69 Å². The van der Waals surface area contributed by atoms with Gasteiger partial charge in [0.15, 0.2) is 0 Å². The molecular formula is C7H5BrN2O2S. The number of halogens is 1. The monoisotopic (exact) mass is 260 g/mol. The van der Waals surface area contributed by atoms with E-state index in [4.69, 9.17) is 0 Å². The number of aromatic nitrogens is 2. The standard InChI is InChI=1S/C7H5BrN2O2S/c1-2-4(8)3-5(11)9-7(12)10-6(3)13-2/h1H3,(H2,9,10,11,12). The molecule has 0 atom stereocenters. The molecule has 0 aliphatic heterocycles. The lowest BCUT2D eigenvalue weighted by molar-refractivity contribution is 1.09. The first-order valence-electron chi connectivity index (χ1n) is 3.51. The summed E-state index contributed by atoms with van der Waals surface area (Å²) in [5.41, 5.74) is -0.818. The molecule has 0 radical (unpaired) electrons. The predicted molar refractivity (Wildman–Crippen MR) is 55.5 cm³/mol. The van der Waals surface area contributed by atoms with Crippen molar-refractivity contribution in [1.29, 1.82) is 0 Å². The van der Waals surface area contributed by atoms with E-state index in [1.165, 1.54) is 11.3 Å². The summed E-state index contributed by atoms with van der Waals surface area (Å²) in [4.78, 5) is 28.6. The second-order valence-electron chi connectivity index (χ2n) is 2.58. The Morgan fingerprint density at radius 3 is 2.69 bits per heavy atom. The van der Waals surface area contributed by atoms with Crippen LogP contribution < -0.4 is 11.2 Å². The largest absolute Gasteiger partial charge is 0.326 e. The molecule has 2 N–H and O–H groups in total. The van der Waals surface area contributed by atoms with E-state index >= 15 is 0 Å². The predicted octanol–water partition coefficient (Wildman–Crippen LogP) is 1.35. The lowest BCUT2D eigenvalue weighted by atomic mass is 10.4. The molecule has 6 heteroatoms. The van der Waals surface area contributed by atoms with E-state index in [0.29, 0.717) is 10.2 Å². The van der Waals surface area contributed by atoms with E-state index < -0.39 is 5.69 Å². The number of hydrogen-bond acceptors (Lipinski definition) is 3. The number of thiophene rings is 1. The van der Waals surface area contributed by atoms with Gasteiger partial charge < -0.3 is 0 Å². The lowest BCUT2D eigenvalue weighted by Gasteiger charge is -1.87. The zero-order valence-electron chi connectivity index (χ0n) is 6.60. The summed E-state index contributed by atoms with van der Waals surface area (Å²) in [6.45, 7) is 1.88. The fourth-order valence-electron chi connectivity index (χ4n) is 1.12. The summed E-state index contributed by atoms with van der Waals surface area (Å²) in [5, 5.41) is 0.516. The first kappa shape index (κ1) is 8.71. The van der Waals surface area contributed by atoms with Crippen LogP contribution in [0.4, 0.5) is 0 Å². The van der Waals surface area contributed by atoms with Gasteiger partial charge in [-0.15, -0.1) is 11.3 Å². The van der Waals surface area contributed by atoms with Crippen LogP contribution in [0.5, 0.6) is 0 Å². The molecule has 0 saturated carbocycles. The summed E-state index contributed by atoms with van der Waals surface area (Å²) >= 11 is 4.68. The highest BCUT2D eigenvalue weighted by atomic mass is 79.9. The molecule has 0 aliphatic carbocycles. The van der Waals surface area contributed by atoms with Crippen molar-refractivity contribution in [3.63, 3.8) is 0 Å². The maximum atomic E-state index is 11.3. The Balaban J connectivity index is 3.12. The molecule has 0 saturated heterocycles. The van der Waals surface area contributed by atoms with E-state index in [2.05, 4.69) is 25.9 Å². The molecule has 2 aromatic rings. The summed E-state index contributed by atoms with van der Waals surface area (Å²) in [5.74, 6) is 0. The van der Waals surface area contributed by atoms with Crippen LogP contribution in [0, 0.1) is 6.92 Å². The zero-order valence-corrected chi connectivity index (χ0v) is 9.01. The third kappa shape index (κ3) is 1.26. The summed E-state index contributed by atoms with van der Waals surface area (Å²) < 4.78 is 0.755. The maximum Gasteiger partial charge on any atom is 0.326 e. The number of H-pyrrole nitrogens is 2. The van der Waals surface area contributed by atoms with Gasteiger partial charge in [-0.3, -0.25) is 14.8 Å². The number of rotatable bonds is 0. The average Bonchev–Trinajstić information content (AvgIpc) is 2.27. The summed E-state index contributed by atoms with van der Waals surface area (Å²) in [6, 6.07) is 0. The average molecular weight is 261 g/mol. The van der Waals surface area contributed by atoms with E-state index in [1.54, 1.807) is 0 Å². The third-order valence-corrected chi connectivity index (χ3v) is 3.97. The highest BCUT2D eigenvalue weighted by molar-refractivity contribution is 9.10. The van der Waals surface area contributed by atoms with Gasteiger partial charge in [-0.2, -0.15) is 0 Å². The molecule has 0 spiro atoms. The Kier molecular flexibility index (Phi) is 1.88. The lowest BCUT2D eigenvalue weighted by Crippen LogP contribution is -2.20. The quantitative estimate of drug-likeness (QED) is 0.751. The van der Waals surface area contributed by atoms with E-state index in [1.807, 2.05) is 6.92 Å². The van der Waals surface area contributed by atoms with Crippen molar-refractivity contribution in [1.82, 2.24) is 9.97 Å². The molecule has 68 valence electrons. The van der Waals surface area contributed by atoms with Crippen LogP contribution in [0.3, 0.4) is 0 Å². The van der Waals surface area contributed by atoms with Gasteiger partial charge in [0, 0.05) is 9.35 Å². The fourth-order valence-corrected chi connectivity index (χ4v) is 2.81. The van der Waals surface area contributed by atoms with Crippen molar-refractivity contribution in [2.24, 2.45) is 0 Å². The second-order valence-corrected chi connectivity index (χ2v) is 4.60. The highest BCUT2D eigenvalue weighted by Gasteiger charge is 2.10. The van der Waals surface area contributed by atoms with Crippen molar-refractivity contribution >= 4 is 37.5 Å². The minimum Gasteiger partial charge on any atom is -0.298 e. The Morgan fingerprint density at radius 1 is 1.31 bits per heavy atom. The van der Waals surface area contributed by atoms with Crippen molar-refractivity contribution in [3.05, 3.63) is 30.2 Å². The zero-order chi connectivity index (χ0) is 9.59. The van der Waals surface area contributed by atoms with Crippen LogP contribution in [-0.4, -0.2) is 9.97 Å². The fraction of sp³-hybridized carbons (Fsp3) is 0.143. The number of aromatic amines is 2. The van der Waals surface area contributed by atoms with Crippen molar-refractivity contribution in [2.75, 3.05) is 0 Å². The normalized spacial score (nSPS) is 10.9. The number of fused-ring (bicyclic) bond motifs is 1. The van der Waals surface area contributed by atoms with Gasteiger partial charge in [-0.05, 0) is 22.9 Å². The summed E-state index contributed by atoms with van der Waals surface area (Å²) in [6.07, 6.45) is 0. The molecule has 0 amide bonds. The van der Waals surface area contributed by atoms with Gasteiger partial charge in [0.1, 0.15) is 4.83 Å². The molecule has 0 unspecified atom stereocenters. The Bertz CT molecular complexity index is 580. The van der Waals surface area contributed by atoms with E-state index in [-0.39, 0.29) is 5.56 Å². The first-order chi connectivity index (χ1) is 6.09. The van der Waals surface area contributed by atoms with Gasteiger partial charge in [0.25, 0.3) is 5.56 Å². The third-order valence-electron chi connectivity index (χ3n) is 1.69. The van der Waals surface area contributed by atoms with E-state index in [9.17, 15) is 9.59 Å². The second kappa shape index (κ2) is 2.81. The molecule has 0 aliphatic rings. The van der Waals surface area contributed by atoms with Crippen molar-refractivity contribution < 1.29 is 0 Å². The SMILES string of the molecule is Cc1sc2[nH]c(=O)[nH]c(=O)c2c1Br. The maximum absolute atomic E-state index is 11.3. The molecule has 2 rings (SSSR count). The topological polar surface area (TPSA) is 65.7 Å². The number of nitrogens with one attached hydrogen (secondary N) is 2. The minimum atomic E-state index is -0.466. The molecule has 4 nitrogen and oxygen atoms in total. The molecule has 0 fully saturated rings. The van der Waals surface area contributed by atoms with Gasteiger partial charge in [-0.25, -0.2) is 4.79 Å². The summed E-state index contributed by atoms with van der Waals surface area (Å²) in [7, 11) is 0. The van der Waals surface area contributed by atoms with Crippen LogP contribution in [0.2, 0.25) is 0 Å². The van der Waals surface area contributed by atoms with Gasteiger partial charge in [-0.1, -0.05) is 0 Å². The van der Waals surface area contributed by atoms with Crippen molar-refractivity contribution in [2.45, 2.75) is 6.92 Å². The molecule has 13 heavy (non-hydrogen) atoms. The minimum absolute atomic E-state index is 0.352. The Morgan fingerprint density at radius 2 is 2.00 bits per heavy atom. The molecule has 0 bridgehead atoms.